The minimum Gasteiger partial charge on any atom is -0.319 e. The highest BCUT2D eigenvalue weighted by Gasteiger charge is 2.33. The molecule has 1 nitrogen and oxygen atoms in total. The van der Waals surface area contributed by atoms with E-state index in [1.54, 1.807) is 13.1 Å². The molecule has 0 saturated heterocycles. The number of benzene rings is 1. The van der Waals surface area contributed by atoms with Crippen LogP contribution in [0, 0.1) is 0 Å². The number of alkyl halides is 3. The maximum absolute atomic E-state index is 12.5. The standard InChI is InChI=1S/C10H11ClF3N/c1-15-5-4-7-2-3-9(11)8(6-7)10(12,13)14/h2-3,6,15H,4-5H2,1H3. The van der Waals surface area contributed by atoms with E-state index >= 15 is 0 Å². The third-order valence-electron chi connectivity index (χ3n) is 2.00. The zero-order valence-corrected chi connectivity index (χ0v) is 8.91. The van der Waals surface area contributed by atoms with Gasteiger partial charge in [0.1, 0.15) is 0 Å². The van der Waals surface area contributed by atoms with Crippen LogP contribution in [0.4, 0.5) is 13.2 Å². The van der Waals surface area contributed by atoms with E-state index in [1.807, 2.05) is 0 Å². The summed E-state index contributed by atoms with van der Waals surface area (Å²) < 4.78 is 37.4. The summed E-state index contributed by atoms with van der Waals surface area (Å²) in [6.07, 6.45) is -3.83. The molecule has 1 aromatic carbocycles. The minimum absolute atomic E-state index is 0.254. The molecule has 0 heterocycles. The molecule has 0 amide bonds. The topological polar surface area (TPSA) is 12.0 Å². The molecule has 0 aliphatic heterocycles. The number of rotatable bonds is 3. The van der Waals surface area contributed by atoms with E-state index in [0.717, 1.165) is 6.07 Å². The molecule has 0 aromatic heterocycles. The lowest BCUT2D eigenvalue weighted by Gasteiger charge is -2.10. The molecule has 1 aromatic rings. The predicted molar refractivity (Wildman–Crippen MR) is 54.1 cm³/mol. The number of hydrogen-bond donors (Lipinski definition) is 1. The summed E-state index contributed by atoms with van der Waals surface area (Å²) in [6, 6.07) is 3.99. The molecule has 0 aliphatic carbocycles. The van der Waals surface area contributed by atoms with Crippen molar-refractivity contribution in [3.05, 3.63) is 34.3 Å². The smallest absolute Gasteiger partial charge is 0.319 e. The average Bonchev–Trinajstić information content (AvgIpc) is 2.15. The second kappa shape index (κ2) is 4.86. The van der Waals surface area contributed by atoms with Gasteiger partial charge in [-0.25, -0.2) is 0 Å². The molecular formula is C10H11ClF3N. The van der Waals surface area contributed by atoms with Crippen LogP contribution in [0.3, 0.4) is 0 Å². The van der Waals surface area contributed by atoms with E-state index in [4.69, 9.17) is 11.6 Å². The van der Waals surface area contributed by atoms with Crippen molar-refractivity contribution in [2.45, 2.75) is 12.6 Å². The van der Waals surface area contributed by atoms with Crippen molar-refractivity contribution in [3.8, 4) is 0 Å². The number of halogens is 4. The Balaban J connectivity index is 2.95. The summed E-state index contributed by atoms with van der Waals surface area (Å²) in [5, 5.41) is 2.62. The first kappa shape index (κ1) is 12.3. The molecule has 5 heteroatoms. The van der Waals surface area contributed by atoms with Crippen molar-refractivity contribution in [1.82, 2.24) is 5.32 Å². The van der Waals surface area contributed by atoms with Crippen LogP contribution < -0.4 is 5.32 Å². The van der Waals surface area contributed by atoms with Crippen LogP contribution in [-0.2, 0) is 12.6 Å². The summed E-state index contributed by atoms with van der Waals surface area (Å²) >= 11 is 5.48. The van der Waals surface area contributed by atoms with Gasteiger partial charge >= 0.3 is 6.18 Å². The zero-order chi connectivity index (χ0) is 11.5. The Bertz CT molecular complexity index is 336. The van der Waals surface area contributed by atoms with Gasteiger partial charge in [-0.2, -0.15) is 13.2 Å². The van der Waals surface area contributed by atoms with E-state index in [-0.39, 0.29) is 5.02 Å². The largest absolute Gasteiger partial charge is 0.417 e. The van der Waals surface area contributed by atoms with E-state index in [1.165, 1.54) is 6.07 Å². The molecule has 0 saturated carbocycles. The quantitative estimate of drug-likeness (QED) is 0.852. The molecule has 0 radical (unpaired) electrons. The van der Waals surface area contributed by atoms with Gasteiger partial charge in [-0.05, 0) is 37.7 Å². The summed E-state index contributed by atoms with van der Waals surface area (Å²) in [6.45, 7) is 0.638. The van der Waals surface area contributed by atoms with Gasteiger partial charge in [0.25, 0.3) is 0 Å². The highest BCUT2D eigenvalue weighted by molar-refractivity contribution is 6.31. The second-order valence-corrected chi connectivity index (χ2v) is 3.57. The van der Waals surface area contributed by atoms with E-state index in [2.05, 4.69) is 5.32 Å². The molecule has 0 aliphatic rings. The fourth-order valence-corrected chi connectivity index (χ4v) is 1.44. The molecule has 0 spiro atoms. The molecular weight excluding hydrogens is 227 g/mol. The van der Waals surface area contributed by atoms with Gasteiger partial charge in [-0.3, -0.25) is 0 Å². The lowest BCUT2D eigenvalue weighted by molar-refractivity contribution is -0.137. The van der Waals surface area contributed by atoms with Crippen molar-refractivity contribution >= 4 is 11.6 Å². The molecule has 0 unspecified atom stereocenters. The number of hydrogen-bond acceptors (Lipinski definition) is 1. The lowest BCUT2D eigenvalue weighted by atomic mass is 10.1. The molecule has 84 valence electrons. The highest BCUT2D eigenvalue weighted by atomic mass is 35.5. The lowest BCUT2D eigenvalue weighted by Crippen LogP contribution is -2.12. The first-order valence-electron chi connectivity index (χ1n) is 4.45. The van der Waals surface area contributed by atoms with E-state index < -0.39 is 11.7 Å². The molecule has 1 rings (SSSR count). The van der Waals surface area contributed by atoms with Crippen LogP contribution in [0.2, 0.25) is 5.02 Å². The Hall–Kier alpha value is -0.740. The van der Waals surface area contributed by atoms with Crippen LogP contribution in [0.1, 0.15) is 11.1 Å². The first-order valence-corrected chi connectivity index (χ1v) is 4.83. The Morgan fingerprint density at radius 2 is 2.00 bits per heavy atom. The first-order chi connectivity index (χ1) is 6.95. The van der Waals surface area contributed by atoms with Crippen molar-refractivity contribution < 1.29 is 13.2 Å². The summed E-state index contributed by atoms with van der Waals surface area (Å²) in [5.41, 5.74) is -0.140. The second-order valence-electron chi connectivity index (χ2n) is 3.17. The fourth-order valence-electron chi connectivity index (χ4n) is 1.21. The molecule has 0 fully saturated rings. The fraction of sp³-hybridized carbons (Fsp3) is 0.400. The molecule has 1 N–H and O–H groups in total. The normalized spacial score (nSPS) is 11.8. The van der Waals surface area contributed by atoms with Crippen molar-refractivity contribution in [2.75, 3.05) is 13.6 Å². The van der Waals surface area contributed by atoms with E-state index in [9.17, 15) is 13.2 Å². The van der Waals surface area contributed by atoms with Gasteiger partial charge in [-0.1, -0.05) is 17.7 Å². The third-order valence-corrected chi connectivity index (χ3v) is 2.33. The van der Waals surface area contributed by atoms with Crippen LogP contribution >= 0.6 is 11.6 Å². The summed E-state index contributed by atoms with van der Waals surface area (Å²) in [4.78, 5) is 0. The number of nitrogens with one attached hydrogen (secondary N) is 1. The highest BCUT2D eigenvalue weighted by Crippen LogP contribution is 2.35. The number of likely N-dealkylation sites (N-methyl/N-ethyl adjacent to an activating group) is 1. The van der Waals surface area contributed by atoms with Gasteiger partial charge in [0.05, 0.1) is 10.6 Å². The van der Waals surface area contributed by atoms with Crippen LogP contribution in [0.5, 0.6) is 0 Å². The van der Waals surface area contributed by atoms with Gasteiger partial charge in [0.2, 0.25) is 0 Å². The summed E-state index contributed by atoms with van der Waals surface area (Å²) in [5.74, 6) is 0. The van der Waals surface area contributed by atoms with Gasteiger partial charge in [0, 0.05) is 0 Å². The van der Waals surface area contributed by atoms with Gasteiger partial charge in [-0.15, -0.1) is 0 Å². The molecule has 0 atom stereocenters. The SMILES string of the molecule is CNCCc1ccc(Cl)c(C(F)(F)F)c1. The van der Waals surface area contributed by atoms with Crippen LogP contribution in [0.15, 0.2) is 18.2 Å². The zero-order valence-electron chi connectivity index (χ0n) is 8.16. The van der Waals surface area contributed by atoms with Crippen molar-refractivity contribution in [3.63, 3.8) is 0 Å². The predicted octanol–water partition coefficient (Wildman–Crippen LogP) is 3.12. The maximum Gasteiger partial charge on any atom is 0.417 e. The van der Waals surface area contributed by atoms with Gasteiger partial charge < -0.3 is 5.32 Å². The maximum atomic E-state index is 12.5. The van der Waals surface area contributed by atoms with Crippen molar-refractivity contribution in [1.29, 1.82) is 0 Å². The monoisotopic (exact) mass is 237 g/mol. The van der Waals surface area contributed by atoms with Crippen molar-refractivity contribution in [2.24, 2.45) is 0 Å². The third kappa shape index (κ3) is 3.39. The Kier molecular flexibility index (Phi) is 3.99. The Morgan fingerprint density at radius 1 is 1.33 bits per heavy atom. The Labute approximate surface area is 91.2 Å². The minimum atomic E-state index is -4.38. The molecule has 15 heavy (non-hydrogen) atoms. The van der Waals surface area contributed by atoms with E-state index in [0.29, 0.717) is 18.5 Å². The van der Waals surface area contributed by atoms with Crippen LogP contribution in [0.25, 0.3) is 0 Å². The van der Waals surface area contributed by atoms with Crippen LogP contribution in [-0.4, -0.2) is 13.6 Å². The van der Waals surface area contributed by atoms with Gasteiger partial charge in [0.15, 0.2) is 0 Å². The molecule has 0 bridgehead atoms. The Morgan fingerprint density at radius 3 is 2.53 bits per heavy atom. The summed E-state index contributed by atoms with van der Waals surface area (Å²) in [7, 11) is 1.75. The average molecular weight is 238 g/mol.